The molecule has 0 fully saturated rings. The van der Waals surface area contributed by atoms with Gasteiger partial charge in [0.25, 0.3) is 11.5 Å². The van der Waals surface area contributed by atoms with Gasteiger partial charge in [0.1, 0.15) is 0 Å². The smallest absolute Gasteiger partial charge is 0.267 e. The Morgan fingerprint density at radius 3 is 2.72 bits per heavy atom. The third kappa shape index (κ3) is 3.65. The molecule has 1 unspecified atom stereocenters. The number of hydrogen-bond donors (Lipinski definition) is 0. The van der Waals surface area contributed by atoms with Crippen molar-refractivity contribution in [1.82, 2.24) is 9.55 Å². The van der Waals surface area contributed by atoms with E-state index < -0.39 is 0 Å². The molecule has 1 heterocycles. The Bertz CT molecular complexity index is 975. The van der Waals surface area contributed by atoms with Crippen molar-refractivity contribution in [2.75, 3.05) is 0 Å². The van der Waals surface area contributed by atoms with Crippen LogP contribution in [0.1, 0.15) is 32.3 Å². The molecule has 2 aromatic carbocycles. The maximum absolute atomic E-state index is 13.1. The summed E-state index contributed by atoms with van der Waals surface area (Å²) in [7, 11) is 0. The summed E-state index contributed by atoms with van der Waals surface area (Å²) in [6.07, 6.45) is 1.99. The third-order valence-electron chi connectivity index (χ3n) is 4.07. The molecule has 25 heavy (non-hydrogen) atoms. The number of rotatable bonds is 5. The molecule has 1 aromatic heterocycles. The largest absolute Gasteiger partial charge is 0.268 e. The van der Waals surface area contributed by atoms with Gasteiger partial charge in [-0.05, 0) is 50.1 Å². The van der Waals surface area contributed by atoms with Gasteiger partial charge in [-0.15, -0.1) is 5.11 Å². The number of benzene rings is 2. The molecule has 0 bridgehead atoms. The zero-order valence-electron chi connectivity index (χ0n) is 14.8. The van der Waals surface area contributed by atoms with Gasteiger partial charge in [-0.2, -0.15) is 5.11 Å². The van der Waals surface area contributed by atoms with Gasteiger partial charge in [0, 0.05) is 0 Å². The molecule has 5 heteroatoms. The molecule has 0 aliphatic carbocycles. The fourth-order valence-corrected chi connectivity index (χ4v) is 2.81. The molecule has 0 saturated carbocycles. The van der Waals surface area contributed by atoms with Crippen molar-refractivity contribution in [3.63, 3.8) is 0 Å². The van der Waals surface area contributed by atoms with Crippen molar-refractivity contribution < 1.29 is 0 Å². The highest BCUT2D eigenvalue weighted by molar-refractivity contribution is 5.78. The number of aromatic nitrogens is 2. The fourth-order valence-electron chi connectivity index (χ4n) is 2.81. The Morgan fingerprint density at radius 1 is 1.16 bits per heavy atom. The van der Waals surface area contributed by atoms with Gasteiger partial charge < -0.3 is 0 Å². The minimum atomic E-state index is -0.131. The van der Waals surface area contributed by atoms with Gasteiger partial charge in [0.2, 0.25) is 0 Å². The summed E-state index contributed by atoms with van der Waals surface area (Å²) in [5.41, 5.74) is 2.32. The van der Waals surface area contributed by atoms with Gasteiger partial charge in [-0.25, -0.2) is 9.55 Å². The van der Waals surface area contributed by atoms with Crippen LogP contribution in [0.5, 0.6) is 0 Å². The summed E-state index contributed by atoms with van der Waals surface area (Å²) < 4.78 is 1.54. The van der Waals surface area contributed by atoms with Crippen molar-refractivity contribution in [2.24, 2.45) is 10.2 Å². The molecule has 3 aromatic rings. The van der Waals surface area contributed by atoms with Crippen LogP contribution in [0.25, 0.3) is 16.6 Å². The predicted molar refractivity (Wildman–Crippen MR) is 101 cm³/mol. The summed E-state index contributed by atoms with van der Waals surface area (Å²) in [4.78, 5) is 17.6. The Hall–Kier alpha value is -2.82. The van der Waals surface area contributed by atoms with E-state index in [4.69, 9.17) is 0 Å². The van der Waals surface area contributed by atoms with Crippen molar-refractivity contribution in [3.8, 4) is 5.69 Å². The predicted octanol–water partition coefficient (Wildman–Crippen LogP) is 4.97. The van der Waals surface area contributed by atoms with Gasteiger partial charge in [-0.1, -0.05) is 37.6 Å². The molecule has 3 rings (SSSR count). The second-order valence-electron chi connectivity index (χ2n) is 6.26. The van der Waals surface area contributed by atoms with Crippen molar-refractivity contribution >= 4 is 16.9 Å². The number of hydrogen-bond acceptors (Lipinski definition) is 4. The first-order valence-electron chi connectivity index (χ1n) is 8.60. The maximum atomic E-state index is 13.1. The van der Waals surface area contributed by atoms with E-state index >= 15 is 0 Å². The van der Waals surface area contributed by atoms with E-state index in [1.54, 1.807) is 6.07 Å². The Morgan fingerprint density at radius 2 is 1.96 bits per heavy atom. The number of para-hydroxylation sites is 1. The molecule has 0 aliphatic rings. The van der Waals surface area contributed by atoms with Gasteiger partial charge in [0.15, 0.2) is 0 Å². The third-order valence-corrected chi connectivity index (χ3v) is 4.07. The van der Waals surface area contributed by atoms with E-state index in [0.717, 1.165) is 24.1 Å². The second-order valence-corrected chi connectivity index (χ2v) is 6.26. The summed E-state index contributed by atoms with van der Waals surface area (Å²) in [6, 6.07) is 15.2. The highest BCUT2D eigenvalue weighted by Crippen LogP contribution is 2.20. The summed E-state index contributed by atoms with van der Waals surface area (Å²) in [6.45, 7) is 6.12. The first kappa shape index (κ1) is 17.0. The fraction of sp³-hybridized carbons (Fsp3) is 0.300. The molecule has 5 nitrogen and oxygen atoms in total. The van der Waals surface area contributed by atoms with Crippen LogP contribution < -0.4 is 5.56 Å². The molecule has 0 aliphatic heterocycles. The van der Waals surface area contributed by atoms with Crippen LogP contribution in [-0.2, 0) is 0 Å². The topological polar surface area (TPSA) is 59.6 Å². The zero-order valence-corrected chi connectivity index (χ0v) is 14.8. The lowest BCUT2D eigenvalue weighted by atomic mass is 10.2. The SMILES string of the molecule is CCCC(C)N=Nc1nc2ccccc2c(=O)n1-c1cccc(C)c1. The molecule has 0 saturated heterocycles. The number of aryl methyl sites for hydroxylation is 1. The molecule has 0 spiro atoms. The average molecular weight is 334 g/mol. The van der Waals surface area contributed by atoms with E-state index in [1.165, 1.54) is 4.57 Å². The maximum Gasteiger partial charge on any atom is 0.267 e. The molecular formula is C20H22N4O. The van der Waals surface area contributed by atoms with Crippen molar-refractivity contribution in [1.29, 1.82) is 0 Å². The van der Waals surface area contributed by atoms with Gasteiger partial charge >= 0.3 is 0 Å². The van der Waals surface area contributed by atoms with Gasteiger partial charge in [0.05, 0.1) is 22.6 Å². The quantitative estimate of drug-likeness (QED) is 0.619. The van der Waals surface area contributed by atoms with Crippen LogP contribution >= 0.6 is 0 Å². The average Bonchev–Trinajstić information content (AvgIpc) is 2.60. The lowest BCUT2D eigenvalue weighted by molar-refractivity contribution is 0.624. The van der Waals surface area contributed by atoms with Crippen LogP contribution in [0.15, 0.2) is 63.6 Å². The molecule has 0 N–H and O–H groups in total. The van der Waals surface area contributed by atoms with Crippen LogP contribution in [0, 0.1) is 6.92 Å². The first-order valence-corrected chi connectivity index (χ1v) is 8.60. The minimum Gasteiger partial charge on any atom is -0.268 e. The van der Waals surface area contributed by atoms with Gasteiger partial charge in [-0.3, -0.25) is 4.79 Å². The Balaban J connectivity index is 2.23. The van der Waals surface area contributed by atoms with Crippen molar-refractivity contribution in [2.45, 2.75) is 39.7 Å². The van der Waals surface area contributed by atoms with E-state index in [9.17, 15) is 4.79 Å². The lowest BCUT2D eigenvalue weighted by Gasteiger charge is -2.11. The molecule has 128 valence electrons. The standard InChI is InChI=1S/C20H22N4O/c1-4-8-15(3)22-23-20-21-18-12-6-5-11-17(18)19(25)24(20)16-10-7-9-14(2)13-16/h5-7,9-13,15H,4,8H2,1-3H3. The molecule has 0 radical (unpaired) electrons. The Kier molecular flexibility index (Phi) is 5.03. The first-order chi connectivity index (χ1) is 12.1. The number of fused-ring (bicyclic) bond motifs is 1. The van der Waals surface area contributed by atoms with Crippen LogP contribution in [-0.4, -0.2) is 15.6 Å². The van der Waals surface area contributed by atoms with Crippen LogP contribution in [0.4, 0.5) is 5.95 Å². The van der Waals surface area contributed by atoms with Crippen LogP contribution in [0.3, 0.4) is 0 Å². The Labute approximate surface area is 147 Å². The highest BCUT2D eigenvalue weighted by Gasteiger charge is 2.12. The summed E-state index contributed by atoms with van der Waals surface area (Å²) >= 11 is 0. The molecule has 1 atom stereocenters. The number of nitrogens with zero attached hydrogens (tertiary/aromatic N) is 4. The number of azo groups is 1. The van der Waals surface area contributed by atoms with E-state index in [1.807, 2.05) is 56.3 Å². The molecule has 0 amide bonds. The minimum absolute atomic E-state index is 0.0966. The lowest BCUT2D eigenvalue weighted by Crippen LogP contribution is -2.19. The monoisotopic (exact) mass is 334 g/mol. The van der Waals surface area contributed by atoms with Crippen LogP contribution in [0.2, 0.25) is 0 Å². The van der Waals surface area contributed by atoms with E-state index in [-0.39, 0.29) is 11.6 Å². The highest BCUT2D eigenvalue weighted by atomic mass is 16.1. The second kappa shape index (κ2) is 7.38. The summed E-state index contributed by atoms with van der Waals surface area (Å²) in [5, 5.41) is 9.24. The van der Waals surface area contributed by atoms with E-state index in [0.29, 0.717) is 16.9 Å². The van der Waals surface area contributed by atoms with Crippen molar-refractivity contribution in [3.05, 3.63) is 64.4 Å². The van der Waals surface area contributed by atoms with E-state index in [2.05, 4.69) is 22.1 Å². The molecular weight excluding hydrogens is 312 g/mol. The normalized spacial score (nSPS) is 12.8. The zero-order chi connectivity index (χ0) is 17.8. The summed E-state index contributed by atoms with van der Waals surface area (Å²) in [5.74, 6) is 0.317.